The molecule has 0 aliphatic heterocycles. The van der Waals surface area contributed by atoms with E-state index in [0.717, 1.165) is 0 Å². The van der Waals surface area contributed by atoms with Crippen molar-refractivity contribution in [2.24, 2.45) is 5.41 Å². The molecular formula is C45H40BrF12N2O2P. The van der Waals surface area contributed by atoms with Gasteiger partial charge in [0.05, 0.1) is 0 Å². The fraction of sp³-hybridized carbons (Fsp3) is 0.289. The van der Waals surface area contributed by atoms with E-state index in [4.69, 9.17) is 0 Å². The van der Waals surface area contributed by atoms with Gasteiger partial charge >= 0.3 is 364 Å². The van der Waals surface area contributed by atoms with Gasteiger partial charge in [-0.1, -0.05) is 0 Å². The molecule has 0 heterocycles. The predicted molar refractivity (Wildman–Crippen MR) is 222 cm³/mol. The van der Waals surface area contributed by atoms with Gasteiger partial charge in [0.2, 0.25) is 0 Å². The summed E-state index contributed by atoms with van der Waals surface area (Å²) in [5.74, 6) is -2.36. The van der Waals surface area contributed by atoms with Crippen molar-refractivity contribution in [3.8, 4) is 0 Å². The molecule has 0 spiro atoms. The van der Waals surface area contributed by atoms with Crippen LogP contribution in [0.15, 0.2) is 127 Å². The molecule has 0 aliphatic carbocycles. The summed E-state index contributed by atoms with van der Waals surface area (Å²) in [7, 11) is 0. The van der Waals surface area contributed by atoms with Gasteiger partial charge in [-0.05, 0) is 0 Å². The van der Waals surface area contributed by atoms with Crippen LogP contribution in [-0.2, 0) is 42.1 Å². The summed E-state index contributed by atoms with van der Waals surface area (Å²) in [5.41, 5.74) is -8.57. The average Bonchev–Trinajstić information content (AvgIpc) is 3.19. The van der Waals surface area contributed by atoms with E-state index < -0.39 is 93.3 Å². The van der Waals surface area contributed by atoms with Gasteiger partial charge in [0.15, 0.2) is 0 Å². The molecular weight excluding hydrogens is 939 g/mol. The zero-order valence-electron chi connectivity index (χ0n) is 33.6. The number of alkyl halides is 12. The molecule has 2 amide bonds. The summed E-state index contributed by atoms with van der Waals surface area (Å²) in [4.78, 5) is 28.2. The van der Waals surface area contributed by atoms with Crippen molar-refractivity contribution in [2.75, 3.05) is 6.16 Å². The van der Waals surface area contributed by atoms with Crippen LogP contribution in [0.2, 0.25) is 0 Å². The van der Waals surface area contributed by atoms with E-state index in [2.05, 4.69) is 26.1 Å². The minimum atomic E-state index is -5.27. The standard InChI is InChI=1S/C45H40BrF12N2O2P/c1-41(2,3)38(60-39(61)30-22-33(44(53,54)55)25-34(23-30)45(56,57)58)40(62)59-35(21-28-13-7-4-8-14-28)27-63(46,36-15-9-5-10-16-36,37-17-11-6-12-18-37)26-29-19-31(42(47,48)49)24-32(20-29)43(50,51)52/h4-20,22-25,35,38H,21,26-27H2,1-3H3,(H,59,62)(H,60,61)/t35-,38+/m0/s1. The van der Waals surface area contributed by atoms with Crippen LogP contribution in [0.4, 0.5) is 52.7 Å². The molecule has 0 bridgehead atoms. The molecule has 0 unspecified atom stereocenters. The molecule has 0 saturated carbocycles. The maximum absolute atomic E-state index is 14.6. The zero-order valence-corrected chi connectivity index (χ0v) is 36.1. The zero-order chi connectivity index (χ0) is 46.8. The number of rotatable bonds is 12. The second kappa shape index (κ2) is 17.9. The summed E-state index contributed by atoms with van der Waals surface area (Å²) >= 11 is 4.06. The fourth-order valence-corrected chi connectivity index (χ4v) is 15.8. The summed E-state index contributed by atoms with van der Waals surface area (Å²) < 4.78 is 168. The second-order valence-electron chi connectivity index (χ2n) is 16.3. The Morgan fingerprint density at radius 2 is 0.921 bits per heavy atom. The number of hydrogen-bond donors (Lipinski definition) is 2. The van der Waals surface area contributed by atoms with Gasteiger partial charge in [-0.2, -0.15) is 0 Å². The van der Waals surface area contributed by atoms with Gasteiger partial charge in [-0.3, -0.25) is 0 Å². The number of benzene rings is 5. The number of nitrogens with one attached hydrogen (secondary N) is 2. The van der Waals surface area contributed by atoms with E-state index >= 15 is 0 Å². The first-order chi connectivity index (χ1) is 29.0. The van der Waals surface area contributed by atoms with E-state index in [0.29, 0.717) is 28.3 Å². The van der Waals surface area contributed by atoms with E-state index in [9.17, 15) is 62.3 Å². The summed E-state index contributed by atoms with van der Waals surface area (Å²) in [5, 5.41) is 1.77. The van der Waals surface area contributed by atoms with Gasteiger partial charge in [-0.25, -0.2) is 0 Å². The summed E-state index contributed by atoms with van der Waals surface area (Å²) in [6.07, 6.45) is -21.5. The molecule has 5 rings (SSSR count). The van der Waals surface area contributed by atoms with Crippen molar-refractivity contribution in [1.29, 1.82) is 0 Å². The molecule has 338 valence electrons. The van der Waals surface area contributed by atoms with Crippen molar-refractivity contribution in [3.63, 3.8) is 0 Å². The van der Waals surface area contributed by atoms with Crippen LogP contribution in [0.5, 0.6) is 0 Å². The minimum absolute atomic E-state index is 0.000477. The van der Waals surface area contributed by atoms with Gasteiger partial charge in [0.25, 0.3) is 0 Å². The summed E-state index contributed by atoms with van der Waals surface area (Å²) in [6, 6.07) is 24.1. The molecule has 5 aromatic carbocycles. The Hall–Kier alpha value is -4.89. The Bertz CT molecular complexity index is 2290. The Kier molecular flexibility index (Phi) is 14.0. The van der Waals surface area contributed by atoms with Crippen molar-refractivity contribution < 1.29 is 62.3 Å². The first kappa shape index (κ1) is 49.1. The SMILES string of the molecule is CC(C)(C)[C@H](NC(=O)c1cc(C(F)(F)F)cc(C(F)(F)F)c1)C(=O)N[C@@H](Cc1ccccc1)CP(Br)(Cc1cc(C(F)(F)F)cc(C(F)(F)F)c1)(c1ccccc1)c1ccccc1. The number of carbonyl (C=O) groups excluding carboxylic acids is 2. The van der Waals surface area contributed by atoms with Gasteiger partial charge in [0.1, 0.15) is 0 Å². The van der Waals surface area contributed by atoms with Crippen LogP contribution in [-0.4, -0.2) is 30.1 Å². The van der Waals surface area contributed by atoms with Gasteiger partial charge in [0, 0.05) is 0 Å². The van der Waals surface area contributed by atoms with Crippen molar-refractivity contribution in [1.82, 2.24) is 10.6 Å². The van der Waals surface area contributed by atoms with Gasteiger partial charge in [-0.15, -0.1) is 0 Å². The third-order valence-electron chi connectivity index (χ3n) is 10.4. The predicted octanol–water partition coefficient (Wildman–Crippen LogP) is 12.3. The summed E-state index contributed by atoms with van der Waals surface area (Å²) in [6.45, 7) is 4.46. The average molecular weight is 980 g/mol. The van der Waals surface area contributed by atoms with E-state index in [1.165, 1.54) is 20.8 Å². The second-order valence-corrected chi connectivity index (χ2v) is 25.9. The molecule has 2 atom stereocenters. The first-order valence-corrected chi connectivity index (χ1v) is 23.7. The molecule has 5 aromatic rings. The topological polar surface area (TPSA) is 58.2 Å². The Morgan fingerprint density at radius 3 is 1.30 bits per heavy atom. The van der Waals surface area contributed by atoms with Crippen LogP contribution in [0.1, 0.15) is 64.5 Å². The molecule has 63 heavy (non-hydrogen) atoms. The maximum atomic E-state index is 14.6. The third-order valence-corrected chi connectivity index (χ3v) is 19.6. The van der Waals surface area contributed by atoms with Crippen LogP contribution >= 0.6 is 20.8 Å². The van der Waals surface area contributed by atoms with E-state index in [1.807, 2.05) is 0 Å². The van der Waals surface area contributed by atoms with Crippen molar-refractivity contribution in [3.05, 3.63) is 166 Å². The monoisotopic (exact) mass is 978 g/mol. The van der Waals surface area contributed by atoms with E-state index in [1.54, 1.807) is 91.0 Å². The van der Waals surface area contributed by atoms with Gasteiger partial charge < -0.3 is 0 Å². The fourth-order valence-electron chi connectivity index (χ4n) is 7.42. The van der Waals surface area contributed by atoms with Crippen molar-refractivity contribution >= 4 is 43.2 Å². The van der Waals surface area contributed by atoms with Crippen LogP contribution in [0.25, 0.3) is 0 Å². The third kappa shape index (κ3) is 11.8. The molecule has 0 aromatic heterocycles. The van der Waals surface area contributed by atoms with Crippen LogP contribution in [0.3, 0.4) is 0 Å². The number of halogens is 13. The Labute approximate surface area is 363 Å². The number of amides is 2. The molecule has 0 saturated heterocycles. The molecule has 0 fully saturated rings. The first-order valence-electron chi connectivity index (χ1n) is 19.0. The number of carbonyl (C=O) groups is 2. The molecule has 2 N–H and O–H groups in total. The normalized spacial score (nSPS) is 14.6. The van der Waals surface area contributed by atoms with E-state index in [-0.39, 0.29) is 42.4 Å². The molecule has 4 nitrogen and oxygen atoms in total. The quantitative estimate of drug-likeness (QED) is 0.0967. The Morgan fingerprint density at radius 1 is 0.540 bits per heavy atom. The molecule has 0 radical (unpaired) electrons. The molecule has 18 heteroatoms. The van der Waals surface area contributed by atoms with Crippen LogP contribution in [0, 0.1) is 5.41 Å². The van der Waals surface area contributed by atoms with Crippen molar-refractivity contribution in [2.45, 2.75) is 70.1 Å². The Balaban J connectivity index is 1.68. The molecule has 0 aliphatic rings. The number of hydrogen-bond acceptors (Lipinski definition) is 2. The van der Waals surface area contributed by atoms with Crippen LogP contribution < -0.4 is 21.2 Å².